The lowest BCUT2D eigenvalue weighted by atomic mass is 9.08. The standard InChI is InChI=1S/C18H27N3O3.C14H20N2O2.B4/c1-20(2)17(22)13-21-10-8-15(9-11-21)12-19-18(23)24-14-16-6-4-3-5-7-16;17-14(16-10-12-6-8-15-9-7-12)18-11-13-4-2-1-3-5-13;1-4(2)3/h3-7,15H,8-14H2,1-2H3,(H,19,23);1-5,12,15H,6-11H2,(H,16,17);. The fourth-order valence-corrected chi connectivity index (χ4v) is 4.77. The maximum Gasteiger partial charge on any atom is 0.407 e. The highest BCUT2D eigenvalue weighted by atomic mass is 16.6. The molecule has 0 bridgehead atoms. The number of likely N-dealkylation sites (tertiary alicyclic amines) is 1. The van der Waals surface area contributed by atoms with E-state index in [1.165, 1.54) is 0 Å². The van der Waals surface area contributed by atoms with E-state index in [-0.39, 0.29) is 24.7 Å². The summed E-state index contributed by atoms with van der Waals surface area (Å²) in [7, 11) is 17.6. The van der Waals surface area contributed by atoms with Crippen LogP contribution in [0.4, 0.5) is 9.59 Å². The van der Waals surface area contributed by atoms with Gasteiger partial charge in [0.25, 0.3) is 0 Å². The first-order valence-electron chi connectivity index (χ1n) is 15.9. The molecule has 0 atom stereocenters. The Hall–Kier alpha value is -3.37. The molecule has 3 N–H and O–H groups in total. The van der Waals surface area contributed by atoms with Gasteiger partial charge in [0.1, 0.15) is 13.2 Å². The maximum absolute atomic E-state index is 11.7. The first-order valence-corrected chi connectivity index (χ1v) is 15.9. The van der Waals surface area contributed by atoms with E-state index in [1.807, 2.05) is 60.7 Å². The summed E-state index contributed by atoms with van der Waals surface area (Å²) in [5, 5.41) is 8.98. The quantitative estimate of drug-likeness (QED) is 0.347. The third kappa shape index (κ3) is 18.6. The van der Waals surface area contributed by atoms with Gasteiger partial charge in [-0.3, -0.25) is 9.69 Å². The molecule has 6 radical (unpaired) electrons. The molecule has 0 unspecified atom stereocenters. The maximum atomic E-state index is 11.7. The number of piperidine rings is 2. The van der Waals surface area contributed by atoms with Crippen molar-refractivity contribution in [1.29, 1.82) is 0 Å². The number of hydrogen-bond acceptors (Lipinski definition) is 7. The first kappa shape index (κ1) is 38.8. The lowest BCUT2D eigenvalue weighted by Crippen LogP contribution is -2.43. The fraction of sp³-hybridized carbons (Fsp3) is 0.531. The molecule has 2 aromatic rings. The first-order chi connectivity index (χ1) is 22.1. The highest BCUT2D eigenvalue weighted by Crippen LogP contribution is 2.16. The summed E-state index contributed by atoms with van der Waals surface area (Å²) in [6.45, 7) is 6.33. The van der Waals surface area contributed by atoms with Gasteiger partial charge >= 0.3 is 12.2 Å². The second-order valence-electron chi connectivity index (χ2n) is 11.7. The number of ether oxygens (including phenoxy) is 2. The number of nitrogens with zero attached hydrogens (tertiary/aromatic N) is 2. The average Bonchev–Trinajstić information content (AvgIpc) is 3.06. The van der Waals surface area contributed by atoms with Crippen LogP contribution in [0.15, 0.2) is 60.7 Å². The SMILES string of the molecule is CN(C)C(=O)CN1CCC(CNC(=O)OCc2ccccc2)CC1.O=C(NCC1CCNCC1)OCc1ccccc1.[B]B([B])[B]. The Morgan fingerprint density at radius 1 is 0.783 bits per heavy atom. The molecule has 2 heterocycles. The predicted octanol–water partition coefficient (Wildman–Crippen LogP) is 2.10. The lowest BCUT2D eigenvalue weighted by Gasteiger charge is -2.32. The van der Waals surface area contributed by atoms with Crippen LogP contribution < -0.4 is 16.0 Å². The normalized spacial score (nSPS) is 15.1. The van der Waals surface area contributed by atoms with E-state index in [9.17, 15) is 14.4 Å². The molecule has 10 nitrogen and oxygen atoms in total. The molecule has 0 aliphatic carbocycles. The number of benzene rings is 2. The minimum atomic E-state index is -0.667. The van der Waals surface area contributed by atoms with Gasteiger partial charge in [0.2, 0.25) is 5.91 Å². The molecule has 2 aliphatic rings. The monoisotopic (exact) mass is 625 g/mol. The van der Waals surface area contributed by atoms with Crippen LogP contribution in [0.25, 0.3) is 0 Å². The summed E-state index contributed by atoms with van der Waals surface area (Å²) in [5.41, 5.74) is 1.99. The lowest BCUT2D eigenvalue weighted by molar-refractivity contribution is -0.130. The fourth-order valence-electron chi connectivity index (χ4n) is 4.77. The van der Waals surface area contributed by atoms with E-state index < -0.39 is 6.39 Å². The molecule has 46 heavy (non-hydrogen) atoms. The summed E-state index contributed by atoms with van der Waals surface area (Å²) < 4.78 is 10.4. The van der Waals surface area contributed by atoms with Crippen LogP contribution >= 0.6 is 0 Å². The smallest absolute Gasteiger partial charge is 0.407 e. The van der Waals surface area contributed by atoms with Crippen molar-refractivity contribution in [2.45, 2.75) is 38.9 Å². The molecule has 0 saturated carbocycles. The Morgan fingerprint density at radius 2 is 1.20 bits per heavy atom. The molecule has 2 saturated heterocycles. The van der Waals surface area contributed by atoms with E-state index in [2.05, 4.69) is 44.1 Å². The van der Waals surface area contributed by atoms with E-state index in [1.54, 1.807) is 19.0 Å². The average molecular weight is 625 g/mol. The van der Waals surface area contributed by atoms with Crippen LogP contribution in [0.1, 0.15) is 36.8 Å². The number of likely N-dealkylation sites (N-methyl/N-ethyl adjacent to an activating group) is 1. The molecule has 2 aliphatic heterocycles. The van der Waals surface area contributed by atoms with Gasteiger partial charge < -0.3 is 30.3 Å². The molecule has 4 rings (SSSR count). The number of alkyl carbamates (subject to hydrolysis) is 2. The van der Waals surface area contributed by atoms with Crippen molar-refractivity contribution in [3.63, 3.8) is 0 Å². The third-order valence-electron chi connectivity index (χ3n) is 7.52. The van der Waals surface area contributed by atoms with Crippen molar-refractivity contribution in [2.75, 3.05) is 59.9 Å². The minimum Gasteiger partial charge on any atom is -0.445 e. The Labute approximate surface area is 279 Å². The topological polar surface area (TPSA) is 112 Å². The zero-order chi connectivity index (χ0) is 33.6. The molecule has 0 spiro atoms. The summed E-state index contributed by atoms with van der Waals surface area (Å²) >= 11 is 0. The second-order valence-corrected chi connectivity index (χ2v) is 11.7. The number of nitrogens with one attached hydrogen (secondary N) is 3. The van der Waals surface area contributed by atoms with Crippen LogP contribution in [0.3, 0.4) is 0 Å². The van der Waals surface area contributed by atoms with Gasteiger partial charge in [-0.05, 0) is 74.8 Å². The van der Waals surface area contributed by atoms with Crippen LogP contribution in [0.2, 0.25) is 0 Å². The molecule has 14 heteroatoms. The van der Waals surface area contributed by atoms with Gasteiger partial charge in [-0.25, -0.2) is 9.59 Å². The van der Waals surface area contributed by atoms with Crippen LogP contribution in [0, 0.1) is 11.8 Å². The summed E-state index contributed by atoms with van der Waals surface area (Å²) in [4.78, 5) is 38.8. The van der Waals surface area contributed by atoms with Crippen molar-refractivity contribution in [1.82, 2.24) is 25.8 Å². The largest absolute Gasteiger partial charge is 0.445 e. The van der Waals surface area contributed by atoms with Crippen LogP contribution in [0.5, 0.6) is 0 Å². The van der Waals surface area contributed by atoms with E-state index in [4.69, 9.17) is 9.47 Å². The third-order valence-corrected chi connectivity index (χ3v) is 7.52. The summed E-state index contributed by atoms with van der Waals surface area (Å²) in [5.74, 6) is 1.16. The van der Waals surface area contributed by atoms with Crippen molar-refractivity contribution in [3.05, 3.63) is 71.8 Å². The van der Waals surface area contributed by atoms with Gasteiger partial charge in [-0.1, -0.05) is 60.7 Å². The zero-order valence-electron chi connectivity index (χ0n) is 27.4. The van der Waals surface area contributed by atoms with Gasteiger partial charge in [0.15, 0.2) is 0 Å². The molecule has 0 aromatic heterocycles. The van der Waals surface area contributed by atoms with Gasteiger partial charge in [-0.2, -0.15) is 0 Å². The van der Waals surface area contributed by atoms with E-state index >= 15 is 0 Å². The van der Waals surface area contributed by atoms with Crippen molar-refractivity contribution in [2.24, 2.45) is 11.8 Å². The Morgan fingerprint density at radius 3 is 1.61 bits per heavy atom. The Balaban J connectivity index is 0.000000296. The number of carbonyl (C=O) groups excluding carboxylic acids is 3. The summed E-state index contributed by atoms with van der Waals surface area (Å²) in [6, 6.07) is 19.3. The van der Waals surface area contributed by atoms with E-state index in [0.29, 0.717) is 31.5 Å². The van der Waals surface area contributed by atoms with Crippen molar-refractivity contribution in [3.8, 4) is 0 Å². The number of rotatable bonds is 10. The number of carbonyl (C=O) groups is 3. The molecule has 2 aromatic carbocycles. The molecular formula is C32H47B4N5O5. The molecular weight excluding hydrogens is 578 g/mol. The van der Waals surface area contributed by atoms with Crippen molar-refractivity contribution >= 4 is 47.7 Å². The van der Waals surface area contributed by atoms with Crippen LogP contribution in [-0.4, -0.2) is 117 Å². The van der Waals surface area contributed by atoms with Gasteiger partial charge in [-0.15, -0.1) is 0 Å². The molecule has 242 valence electrons. The minimum absolute atomic E-state index is 0.135. The number of amides is 3. The second kappa shape index (κ2) is 23.0. The number of hydrogen-bond donors (Lipinski definition) is 3. The van der Waals surface area contributed by atoms with Gasteiger partial charge in [0.05, 0.1) is 6.54 Å². The Bertz CT molecular complexity index is 1120. The highest BCUT2D eigenvalue weighted by Gasteiger charge is 2.22. The van der Waals surface area contributed by atoms with Crippen molar-refractivity contribution < 1.29 is 23.9 Å². The molecule has 3 amide bonds. The zero-order valence-corrected chi connectivity index (χ0v) is 27.4. The van der Waals surface area contributed by atoms with Gasteiger partial charge in [0, 0.05) is 56.8 Å². The summed E-state index contributed by atoms with van der Waals surface area (Å²) in [6.07, 6.45) is 2.86. The Kier molecular flexibility index (Phi) is 19.4. The highest BCUT2D eigenvalue weighted by molar-refractivity contribution is 7.49. The molecule has 2 fully saturated rings. The van der Waals surface area contributed by atoms with Crippen LogP contribution in [-0.2, 0) is 27.5 Å². The van der Waals surface area contributed by atoms with E-state index in [0.717, 1.165) is 69.5 Å². The predicted molar refractivity (Wildman–Crippen MR) is 186 cm³/mol.